The lowest BCUT2D eigenvalue weighted by molar-refractivity contribution is -0.137. The van der Waals surface area contributed by atoms with Gasteiger partial charge >= 0.3 is 5.97 Å². The number of carbonyl (C=O) groups excluding carboxylic acids is 1. The van der Waals surface area contributed by atoms with E-state index in [1.807, 2.05) is 18.2 Å². The van der Waals surface area contributed by atoms with Crippen LogP contribution in [-0.2, 0) is 16.0 Å². The smallest absolute Gasteiger partial charge is 0.305 e. The second-order valence-corrected chi connectivity index (χ2v) is 4.54. The number of carboxylic acids is 1. The summed E-state index contributed by atoms with van der Waals surface area (Å²) in [6.45, 7) is 1.94. The summed E-state index contributed by atoms with van der Waals surface area (Å²) in [5.41, 5.74) is 0.917. The zero-order valence-corrected chi connectivity index (χ0v) is 10.9. The fourth-order valence-electron chi connectivity index (χ4n) is 1.55. The van der Waals surface area contributed by atoms with Gasteiger partial charge in [-0.2, -0.15) is 0 Å². The van der Waals surface area contributed by atoms with E-state index < -0.39 is 5.97 Å². The van der Waals surface area contributed by atoms with Crippen LogP contribution in [0.5, 0.6) is 0 Å². The summed E-state index contributed by atoms with van der Waals surface area (Å²) in [5.74, 6) is -1.32. The van der Waals surface area contributed by atoms with Gasteiger partial charge in [0.2, 0.25) is 5.91 Å². The largest absolute Gasteiger partial charge is 0.481 e. The van der Waals surface area contributed by atoms with Crippen molar-refractivity contribution in [3.05, 3.63) is 34.9 Å². The van der Waals surface area contributed by atoms with Crippen molar-refractivity contribution in [3.63, 3.8) is 0 Å². The standard InChI is InChI=1S/C13H16ClNO3/c1-9(13(18)15-7-6-12(16)17)8-10-4-2-3-5-11(10)14/h2-5,9H,6-8H2,1H3,(H,15,18)(H,16,17). The molecule has 0 aromatic heterocycles. The lowest BCUT2D eigenvalue weighted by Crippen LogP contribution is -2.32. The summed E-state index contributed by atoms with van der Waals surface area (Å²) in [4.78, 5) is 22.0. The van der Waals surface area contributed by atoms with Gasteiger partial charge in [-0.25, -0.2) is 0 Å². The van der Waals surface area contributed by atoms with Gasteiger partial charge in [-0.1, -0.05) is 36.7 Å². The molecule has 5 heteroatoms. The van der Waals surface area contributed by atoms with Crippen molar-refractivity contribution in [1.82, 2.24) is 5.32 Å². The lowest BCUT2D eigenvalue weighted by Gasteiger charge is -2.12. The zero-order valence-electron chi connectivity index (χ0n) is 10.1. The summed E-state index contributed by atoms with van der Waals surface area (Å²) >= 11 is 6.01. The minimum atomic E-state index is -0.922. The Hall–Kier alpha value is -1.55. The Morgan fingerprint density at radius 1 is 1.39 bits per heavy atom. The summed E-state index contributed by atoms with van der Waals surface area (Å²) in [6.07, 6.45) is 0.475. The predicted octanol–water partition coefficient (Wildman–Crippen LogP) is 2.11. The average Bonchev–Trinajstić information content (AvgIpc) is 2.31. The number of amides is 1. The fourth-order valence-corrected chi connectivity index (χ4v) is 1.77. The summed E-state index contributed by atoms with van der Waals surface area (Å²) < 4.78 is 0. The number of aliphatic carboxylic acids is 1. The number of rotatable bonds is 6. The van der Waals surface area contributed by atoms with Gasteiger partial charge in [0.15, 0.2) is 0 Å². The first kappa shape index (κ1) is 14.5. The molecule has 2 N–H and O–H groups in total. The molecule has 0 bridgehead atoms. The molecule has 0 saturated carbocycles. The molecule has 1 aromatic rings. The Kier molecular flexibility index (Phi) is 5.65. The first-order valence-corrected chi connectivity index (χ1v) is 6.11. The highest BCUT2D eigenvalue weighted by Crippen LogP contribution is 2.18. The van der Waals surface area contributed by atoms with Crippen LogP contribution in [0.2, 0.25) is 5.02 Å². The number of carbonyl (C=O) groups is 2. The van der Waals surface area contributed by atoms with Crippen LogP contribution in [-0.4, -0.2) is 23.5 Å². The molecule has 18 heavy (non-hydrogen) atoms. The third-order valence-corrected chi connectivity index (χ3v) is 2.94. The van der Waals surface area contributed by atoms with E-state index in [9.17, 15) is 9.59 Å². The summed E-state index contributed by atoms with van der Waals surface area (Å²) in [7, 11) is 0. The molecule has 0 fully saturated rings. The second-order valence-electron chi connectivity index (χ2n) is 4.13. The molecule has 4 nitrogen and oxygen atoms in total. The Labute approximate surface area is 111 Å². The van der Waals surface area contributed by atoms with Crippen LogP contribution in [0.25, 0.3) is 0 Å². The molecule has 98 valence electrons. The van der Waals surface area contributed by atoms with Crippen molar-refractivity contribution in [3.8, 4) is 0 Å². The number of halogens is 1. The zero-order chi connectivity index (χ0) is 13.5. The Morgan fingerprint density at radius 2 is 2.06 bits per heavy atom. The van der Waals surface area contributed by atoms with E-state index in [0.717, 1.165) is 5.56 Å². The van der Waals surface area contributed by atoms with Gasteiger partial charge in [-0.15, -0.1) is 0 Å². The minimum absolute atomic E-state index is 0.0649. The van der Waals surface area contributed by atoms with Crippen LogP contribution in [0.1, 0.15) is 18.9 Å². The lowest BCUT2D eigenvalue weighted by atomic mass is 10.0. The van der Waals surface area contributed by atoms with Gasteiger partial charge in [-0.05, 0) is 18.1 Å². The molecule has 0 aliphatic carbocycles. The molecular weight excluding hydrogens is 254 g/mol. The van der Waals surface area contributed by atoms with Gasteiger partial charge in [0.25, 0.3) is 0 Å². The molecule has 1 aromatic carbocycles. The third kappa shape index (κ3) is 4.75. The molecule has 0 heterocycles. The van der Waals surface area contributed by atoms with E-state index in [4.69, 9.17) is 16.7 Å². The van der Waals surface area contributed by atoms with Crippen LogP contribution in [0.4, 0.5) is 0 Å². The first-order valence-electron chi connectivity index (χ1n) is 5.73. The average molecular weight is 270 g/mol. The van der Waals surface area contributed by atoms with Crippen molar-refractivity contribution in [2.75, 3.05) is 6.54 Å². The van der Waals surface area contributed by atoms with E-state index in [0.29, 0.717) is 11.4 Å². The highest BCUT2D eigenvalue weighted by molar-refractivity contribution is 6.31. The SMILES string of the molecule is CC(Cc1ccccc1Cl)C(=O)NCCC(=O)O. The highest BCUT2D eigenvalue weighted by atomic mass is 35.5. The minimum Gasteiger partial charge on any atom is -0.481 e. The van der Waals surface area contributed by atoms with Crippen molar-refractivity contribution in [2.45, 2.75) is 19.8 Å². The van der Waals surface area contributed by atoms with Crippen molar-refractivity contribution in [1.29, 1.82) is 0 Å². The van der Waals surface area contributed by atoms with E-state index in [1.165, 1.54) is 0 Å². The van der Waals surface area contributed by atoms with Gasteiger partial charge < -0.3 is 10.4 Å². The molecule has 0 spiro atoms. The number of carboxylic acid groups (broad SMARTS) is 1. The van der Waals surface area contributed by atoms with Crippen molar-refractivity contribution >= 4 is 23.5 Å². The summed E-state index contributed by atoms with van der Waals surface area (Å²) in [5, 5.41) is 11.7. The van der Waals surface area contributed by atoms with E-state index in [2.05, 4.69) is 5.32 Å². The maximum absolute atomic E-state index is 11.7. The van der Waals surface area contributed by atoms with Crippen LogP contribution < -0.4 is 5.32 Å². The number of benzene rings is 1. The molecule has 0 aliphatic rings. The van der Waals surface area contributed by atoms with E-state index >= 15 is 0 Å². The first-order chi connectivity index (χ1) is 8.50. The van der Waals surface area contributed by atoms with E-state index in [1.54, 1.807) is 13.0 Å². The Bertz CT molecular complexity index is 434. The normalized spacial score (nSPS) is 11.9. The van der Waals surface area contributed by atoms with Crippen LogP contribution in [0.3, 0.4) is 0 Å². The molecule has 1 rings (SSSR count). The molecule has 1 unspecified atom stereocenters. The third-order valence-electron chi connectivity index (χ3n) is 2.57. The summed E-state index contributed by atoms with van der Waals surface area (Å²) in [6, 6.07) is 7.37. The van der Waals surface area contributed by atoms with Crippen molar-refractivity contribution < 1.29 is 14.7 Å². The monoisotopic (exact) mass is 269 g/mol. The molecule has 1 atom stereocenters. The molecular formula is C13H16ClNO3. The molecule has 0 aliphatic heterocycles. The topological polar surface area (TPSA) is 66.4 Å². The second kappa shape index (κ2) is 7.01. The van der Waals surface area contributed by atoms with Crippen LogP contribution >= 0.6 is 11.6 Å². The van der Waals surface area contributed by atoms with Gasteiger partial charge in [0.05, 0.1) is 6.42 Å². The molecule has 1 amide bonds. The predicted molar refractivity (Wildman–Crippen MR) is 69.6 cm³/mol. The maximum atomic E-state index is 11.7. The van der Waals surface area contributed by atoms with Gasteiger partial charge in [0, 0.05) is 17.5 Å². The number of hydrogen-bond donors (Lipinski definition) is 2. The quantitative estimate of drug-likeness (QED) is 0.831. The molecule has 0 radical (unpaired) electrons. The number of nitrogens with one attached hydrogen (secondary N) is 1. The Morgan fingerprint density at radius 3 is 2.67 bits per heavy atom. The molecule has 0 saturated heterocycles. The maximum Gasteiger partial charge on any atom is 0.305 e. The van der Waals surface area contributed by atoms with Gasteiger partial charge in [-0.3, -0.25) is 9.59 Å². The number of hydrogen-bond acceptors (Lipinski definition) is 2. The Balaban J connectivity index is 2.45. The van der Waals surface area contributed by atoms with Crippen molar-refractivity contribution in [2.24, 2.45) is 5.92 Å². The van der Waals surface area contributed by atoms with Crippen LogP contribution in [0.15, 0.2) is 24.3 Å². The highest BCUT2D eigenvalue weighted by Gasteiger charge is 2.14. The fraction of sp³-hybridized carbons (Fsp3) is 0.385. The van der Waals surface area contributed by atoms with Crippen LogP contribution in [0, 0.1) is 5.92 Å². The van der Waals surface area contributed by atoms with Gasteiger partial charge in [0.1, 0.15) is 0 Å². The van der Waals surface area contributed by atoms with E-state index in [-0.39, 0.29) is 24.8 Å².